The second kappa shape index (κ2) is 7.16. The lowest BCUT2D eigenvalue weighted by atomic mass is 9.87. The molecule has 1 aromatic rings. The number of nitrogens with one attached hydrogen (secondary N) is 1. The van der Waals surface area contributed by atoms with Crippen molar-refractivity contribution in [1.82, 2.24) is 0 Å². The normalized spacial score (nSPS) is 19.2. The van der Waals surface area contributed by atoms with E-state index in [4.69, 9.17) is 0 Å². The molecule has 0 bridgehead atoms. The molecule has 124 valence electrons. The summed E-state index contributed by atoms with van der Waals surface area (Å²) in [5.41, 5.74) is 2.84. The van der Waals surface area contributed by atoms with Crippen molar-refractivity contribution >= 4 is 23.2 Å². The summed E-state index contributed by atoms with van der Waals surface area (Å²) >= 11 is 0. The minimum atomic E-state index is 0.112. The molecule has 3 rings (SSSR count). The van der Waals surface area contributed by atoms with Gasteiger partial charge in [0.2, 0.25) is 11.8 Å². The van der Waals surface area contributed by atoms with E-state index < -0.39 is 0 Å². The van der Waals surface area contributed by atoms with E-state index in [-0.39, 0.29) is 11.8 Å². The Morgan fingerprint density at radius 1 is 1.22 bits per heavy atom. The van der Waals surface area contributed by atoms with Gasteiger partial charge in [0.1, 0.15) is 0 Å². The zero-order valence-corrected chi connectivity index (χ0v) is 13.9. The van der Waals surface area contributed by atoms with E-state index >= 15 is 0 Å². The molecule has 1 saturated heterocycles. The molecule has 1 aliphatic heterocycles. The summed E-state index contributed by atoms with van der Waals surface area (Å²) in [5, 5.41) is 3.02. The molecule has 4 nitrogen and oxygen atoms in total. The van der Waals surface area contributed by atoms with Crippen molar-refractivity contribution in [2.45, 2.75) is 58.3 Å². The van der Waals surface area contributed by atoms with Gasteiger partial charge < -0.3 is 10.2 Å². The summed E-state index contributed by atoms with van der Waals surface area (Å²) < 4.78 is 0. The molecule has 1 saturated carbocycles. The number of nitrogens with zero attached hydrogens (tertiary/aromatic N) is 1. The van der Waals surface area contributed by atoms with Gasteiger partial charge >= 0.3 is 0 Å². The fourth-order valence-corrected chi connectivity index (χ4v) is 3.80. The number of hydrogen-bond donors (Lipinski definition) is 1. The monoisotopic (exact) mass is 314 g/mol. The number of amides is 2. The van der Waals surface area contributed by atoms with Crippen LogP contribution in [0.15, 0.2) is 18.2 Å². The largest absolute Gasteiger partial charge is 0.326 e. The molecular weight excluding hydrogens is 288 g/mol. The lowest BCUT2D eigenvalue weighted by Crippen LogP contribution is -2.24. The van der Waals surface area contributed by atoms with Crippen LogP contribution in [0.5, 0.6) is 0 Å². The second-order valence-corrected chi connectivity index (χ2v) is 6.91. The summed E-state index contributed by atoms with van der Waals surface area (Å²) in [4.78, 5) is 25.9. The lowest BCUT2D eigenvalue weighted by Gasteiger charge is -2.21. The topological polar surface area (TPSA) is 49.4 Å². The molecular formula is C19H26N2O2. The van der Waals surface area contributed by atoms with E-state index in [1.54, 1.807) is 0 Å². The van der Waals surface area contributed by atoms with Crippen molar-refractivity contribution in [3.05, 3.63) is 23.8 Å². The molecule has 0 radical (unpaired) electrons. The smallest absolute Gasteiger partial charge is 0.227 e. The van der Waals surface area contributed by atoms with Crippen LogP contribution in [-0.4, -0.2) is 18.4 Å². The molecule has 0 aromatic heterocycles. The zero-order valence-electron chi connectivity index (χ0n) is 13.9. The van der Waals surface area contributed by atoms with E-state index in [9.17, 15) is 9.59 Å². The molecule has 2 aliphatic rings. The van der Waals surface area contributed by atoms with E-state index in [0.717, 1.165) is 29.9 Å². The van der Waals surface area contributed by atoms with Crippen molar-refractivity contribution in [3.8, 4) is 0 Å². The van der Waals surface area contributed by atoms with Crippen LogP contribution in [0.25, 0.3) is 0 Å². The molecule has 2 fully saturated rings. The predicted molar refractivity (Wildman–Crippen MR) is 92.6 cm³/mol. The van der Waals surface area contributed by atoms with E-state index in [2.05, 4.69) is 5.32 Å². The van der Waals surface area contributed by atoms with Crippen LogP contribution in [-0.2, 0) is 9.59 Å². The maximum atomic E-state index is 12.2. The highest BCUT2D eigenvalue weighted by Gasteiger charge is 2.23. The maximum Gasteiger partial charge on any atom is 0.227 e. The number of anilines is 2. The summed E-state index contributed by atoms with van der Waals surface area (Å²) in [6.45, 7) is 2.80. The fourth-order valence-electron chi connectivity index (χ4n) is 3.80. The summed E-state index contributed by atoms with van der Waals surface area (Å²) in [6.07, 6.45) is 8.40. The van der Waals surface area contributed by atoms with Crippen LogP contribution in [0.4, 0.5) is 11.4 Å². The Morgan fingerprint density at radius 2 is 2.00 bits per heavy atom. The van der Waals surface area contributed by atoms with Gasteiger partial charge in [-0.05, 0) is 55.9 Å². The number of carbonyl (C=O) groups excluding carboxylic acids is 2. The number of carbonyl (C=O) groups is 2. The van der Waals surface area contributed by atoms with Gasteiger partial charge in [-0.3, -0.25) is 9.59 Å². The zero-order chi connectivity index (χ0) is 16.2. The Morgan fingerprint density at radius 3 is 2.65 bits per heavy atom. The third kappa shape index (κ3) is 3.92. The second-order valence-electron chi connectivity index (χ2n) is 6.91. The van der Waals surface area contributed by atoms with Crippen molar-refractivity contribution in [3.63, 3.8) is 0 Å². The maximum absolute atomic E-state index is 12.2. The minimum absolute atomic E-state index is 0.112. The molecule has 1 aliphatic carbocycles. The molecule has 0 spiro atoms. The lowest BCUT2D eigenvalue weighted by molar-refractivity contribution is -0.118. The van der Waals surface area contributed by atoms with E-state index in [1.807, 2.05) is 30.0 Å². The van der Waals surface area contributed by atoms with Gasteiger partial charge in [0, 0.05) is 30.8 Å². The van der Waals surface area contributed by atoms with Gasteiger partial charge in [0.05, 0.1) is 0 Å². The highest BCUT2D eigenvalue weighted by Crippen LogP contribution is 2.29. The summed E-state index contributed by atoms with van der Waals surface area (Å²) in [5.74, 6) is 0.856. The average molecular weight is 314 g/mol. The van der Waals surface area contributed by atoms with Crippen LogP contribution < -0.4 is 10.2 Å². The molecule has 4 heteroatoms. The molecule has 0 unspecified atom stereocenters. The Bertz CT molecular complexity index is 591. The van der Waals surface area contributed by atoms with Crippen molar-refractivity contribution in [2.24, 2.45) is 5.92 Å². The minimum Gasteiger partial charge on any atom is -0.326 e. The Hall–Kier alpha value is -1.84. The standard InChI is InChI=1S/C19H26N2O2/c1-14-12-16(9-10-17(14)21-11-5-8-19(21)23)20-18(22)13-15-6-3-2-4-7-15/h9-10,12,15H,2-8,11,13H2,1H3,(H,20,22). The predicted octanol–water partition coefficient (Wildman–Crippen LogP) is 4.03. The molecule has 0 atom stereocenters. The van der Waals surface area contributed by atoms with E-state index in [0.29, 0.717) is 18.8 Å². The van der Waals surface area contributed by atoms with Crippen LogP contribution in [0.3, 0.4) is 0 Å². The van der Waals surface area contributed by atoms with Crippen LogP contribution in [0.1, 0.15) is 56.9 Å². The van der Waals surface area contributed by atoms with Gasteiger partial charge in [-0.1, -0.05) is 19.3 Å². The highest BCUT2D eigenvalue weighted by molar-refractivity contribution is 5.97. The third-order valence-corrected chi connectivity index (χ3v) is 5.04. The summed E-state index contributed by atoms with van der Waals surface area (Å²) in [6, 6.07) is 5.83. The van der Waals surface area contributed by atoms with E-state index in [1.165, 1.54) is 32.1 Å². The van der Waals surface area contributed by atoms with Gasteiger partial charge in [0.25, 0.3) is 0 Å². The Kier molecular flexibility index (Phi) is 4.99. The highest BCUT2D eigenvalue weighted by atomic mass is 16.2. The molecule has 23 heavy (non-hydrogen) atoms. The first-order valence-electron chi connectivity index (χ1n) is 8.84. The van der Waals surface area contributed by atoms with Gasteiger partial charge in [-0.15, -0.1) is 0 Å². The number of benzene rings is 1. The molecule has 2 amide bonds. The average Bonchev–Trinajstić information content (AvgIpc) is 2.94. The number of hydrogen-bond acceptors (Lipinski definition) is 2. The van der Waals surface area contributed by atoms with Crippen LogP contribution in [0.2, 0.25) is 0 Å². The Labute approximate surface area is 138 Å². The van der Waals surface area contributed by atoms with Gasteiger partial charge in [0.15, 0.2) is 0 Å². The number of aryl methyl sites for hydroxylation is 1. The van der Waals surface area contributed by atoms with Crippen molar-refractivity contribution < 1.29 is 9.59 Å². The molecule has 1 heterocycles. The van der Waals surface area contributed by atoms with Gasteiger partial charge in [-0.2, -0.15) is 0 Å². The SMILES string of the molecule is Cc1cc(NC(=O)CC2CCCCC2)ccc1N1CCCC1=O. The quantitative estimate of drug-likeness (QED) is 0.912. The first-order chi connectivity index (χ1) is 11.1. The molecule has 1 aromatic carbocycles. The van der Waals surface area contributed by atoms with Crippen LogP contribution >= 0.6 is 0 Å². The number of rotatable bonds is 4. The Balaban J connectivity index is 1.61. The first kappa shape index (κ1) is 16.0. The third-order valence-electron chi connectivity index (χ3n) is 5.04. The summed E-state index contributed by atoms with van der Waals surface area (Å²) in [7, 11) is 0. The van der Waals surface area contributed by atoms with Crippen LogP contribution in [0, 0.1) is 12.8 Å². The van der Waals surface area contributed by atoms with Crippen molar-refractivity contribution in [2.75, 3.05) is 16.8 Å². The van der Waals surface area contributed by atoms with Crippen molar-refractivity contribution in [1.29, 1.82) is 0 Å². The molecule has 1 N–H and O–H groups in total. The first-order valence-corrected chi connectivity index (χ1v) is 8.84. The van der Waals surface area contributed by atoms with Gasteiger partial charge in [-0.25, -0.2) is 0 Å². The fraction of sp³-hybridized carbons (Fsp3) is 0.579.